The molecule has 1 fully saturated rings. The van der Waals surface area contributed by atoms with Gasteiger partial charge in [-0.05, 0) is 6.92 Å². The average Bonchev–Trinajstić information content (AvgIpc) is 2.11. The molecule has 2 N–H and O–H groups in total. The molecule has 1 rings (SSSR count). The third kappa shape index (κ3) is 1.68. The van der Waals surface area contributed by atoms with E-state index >= 15 is 0 Å². The van der Waals surface area contributed by atoms with Gasteiger partial charge in [0.05, 0.1) is 0 Å². The molecule has 0 bridgehead atoms. The van der Waals surface area contributed by atoms with Gasteiger partial charge in [0.25, 0.3) is 0 Å². The molecule has 0 aromatic heterocycles. The fraction of sp³-hybridized carbons (Fsp3) is 1.00. The number of hydrazine groups is 1. The third-order valence-electron chi connectivity index (χ3n) is 1.54. The molecule has 0 spiro atoms. The fourth-order valence-corrected chi connectivity index (χ4v) is 0.886. The van der Waals surface area contributed by atoms with Gasteiger partial charge >= 0.3 is 0 Å². The van der Waals surface area contributed by atoms with Crippen LogP contribution in [-0.2, 0) is 4.74 Å². The Morgan fingerprint density at radius 2 is 1.80 bits per heavy atom. The molecule has 1 heterocycles. The first-order chi connectivity index (χ1) is 4.50. The highest BCUT2D eigenvalue weighted by Crippen LogP contribution is 2.22. The number of hydrogen-bond donors (Lipinski definition) is 2. The summed E-state index contributed by atoms with van der Waals surface area (Å²) in [6.45, 7) is 8.41. The van der Waals surface area contributed by atoms with Gasteiger partial charge in [-0.1, -0.05) is 20.8 Å². The van der Waals surface area contributed by atoms with Crippen LogP contribution in [0.4, 0.5) is 0 Å². The zero-order chi connectivity index (χ0) is 7.78. The summed E-state index contributed by atoms with van der Waals surface area (Å²) in [6.07, 6.45) is 0.256. The average molecular weight is 144 g/mol. The van der Waals surface area contributed by atoms with Gasteiger partial charge in [-0.25, -0.2) is 10.9 Å². The van der Waals surface area contributed by atoms with Gasteiger partial charge in [-0.3, -0.25) is 0 Å². The summed E-state index contributed by atoms with van der Waals surface area (Å²) < 4.78 is 5.50. The van der Waals surface area contributed by atoms with Crippen molar-refractivity contribution in [2.24, 2.45) is 5.41 Å². The van der Waals surface area contributed by atoms with Crippen LogP contribution in [-0.4, -0.2) is 12.5 Å². The molecule has 0 radical (unpaired) electrons. The van der Waals surface area contributed by atoms with E-state index < -0.39 is 0 Å². The van der Waals surface area contributed by atoms with Crippen molar-refractivity contribution >= 4 is 0 Å². The Labute approximate surface area is 62.1 Å². The number of rotatable bonds is 0. The van der Waals surface area contributed by atoms with Crippen molar-refractivity contribution in [2.75, 3.05) is 0 Å². The molecular formula is C7H16N2O. The van der Waals surface area contributed by atoms with E-state index in [0.29, 0.717) is 0 Å². The molecule has 3 heteroatoms. The van der Waals surface area contributed by atoms with E-state index in [0.717, 1.165) is 0 Å². The van der Waals surface area contributed by atoms with Crippen LogP contribution in [0.1, 0.15) is 27.7 Å². The van der Waals surface area contributed by atoms with E-state index in [-0.39, 0.29) is 17.9 Å². The van der Waals surface area contributed by atoms with Gasteiger partial charge in [0.1, 0.15) is 12.5 Å². The van der Waals surface area contributed by atoms with Crippen LogP contribution in [0.15, 0.2) is 0 Å². The Morgan fingerprint density at radius 1 is 1.20 bits per heavy atom. The first-order valence-corrected chi connectivity index (χ1v) is 3.66. The summed E-state index contributed by atoms with van der Waals surface area (Å²) in [5.74, 6) is 0. The van der Waals surface area contributed by atoms with Crippen LogP contribution in [0.3, 0.4) is 0 Å². The van der Waals surface area contributed by atoms with E-state index in [2.05, 4.69) is 31.6 Å². The SMILES string of the molecule is CC1NNC(C(C)(C)C)O1. The molecule has 1 aliphatic heterocycles. The quantitative estimate of drug-likeness (QED) is 0.528. The van der Waals surface area contributed by atoms with Gasteiger partial charge in [0, 0.05) is 5.41 Å². The Hall–Kier alpha value is -0.120. The van der Waals surface area contributed by atoms with Crippen molar-refractivity contribution < 1.29 is 4.74 Å². The van der Waals surface area contributed by atoms with Gasteiger partial charge < -0.3 is 4.74 Å². The molecule has 1 aliphatic rings. The van der Waals surface area contributed by atoms with E-state index in [1.807, 2.05) is 6.92 Å². The highest BCUT2D eigenvalue weighted by Gasteiger charge is 2.31. The summed E-state index contributed by atoms with van der Waals surface area (Å²) >= 11 is 0. The van der Waals surface area contributed by atoms with E-state index in [1.165, 1.54) is 0 Å². The zero-order valence-electron chi connectivity index (χ0n) is 7.06. The van der Waals surface area contributed by atoms with Crippen LogP contribution in [0.2, 0.25) is 0 Å². The molecule has 10 heavy (non-hydrogen) atoms. The summed E-state index contributed by atoms with van der Waals surface area (Å²) in [4.78, 5) is 0. The molecule has 0 amide bonds. The molecule has 2 atom stereocenters. The van der Waals surface area contributed by atoms with Gasteiger partial charge in [-0.2, -0.15) is 0 Å². The Balaban J connectivity index is 2.45. The number of hydrogen-bond acceptors (Lipinski definition) is 3. The zero-order valence-corrected chi connectivity index (χ0v) is 7.06. The lowest BCUT2D eigenvalue weighted by atomic mass is 9.95. The van der Waals surface area contributed by atoms with Crippen molar-refractivity contribution in [1.29, 1.82) is 0 Å². The molecule has 0 aliphatic carbocycles. The van der Waals surface area contributed by atoms with Crippen LogP contribution in [0.25, 0.3) is 0 Å². The first kappa shape index (κ1) is 7.98. The predicted octanol–water partition coefficient (Wildman–Crippen LogP) is 0.829. The van der Waals surface area contributed by atoms with Gasteiger partial charge in [0.2, 0.25) is 0 Å². The largest absolute Gasteiger partial charge is 0.343 e. The molecule has 3 nitrogen and oxygen atoms in total. The van der Waals surface area contributed by atoms with E-state index in [4.69, 9.17) is 4.74 Å². The van der Waals surface area contributed by atoms with E-state index in [9.17, 15) is 0 Å². The normalized spacial score (nSPS) is 34.8. The van der Waals surface area contributed by atoms with Crippen molar-refractivity contribution in [3.05, 3.63) is 0 Å². The summed E-state index contributed by atoms with van der Waals surface area (Å²) in [7, 11) is 0. The summed E-state index contributed by atoms with van der Waals surface area (Å²) in [5.41, 5.74) is 6.24. The molecule has 1 saturated heterocycles. The summed E-state index contributed by atoms with van der Waals surface area (Å²) in [5, 5.41) is 0. The monoisotopic (exact) mass is 144 g/mol. The van der Waals surface area contributed by atoms with Crippen LogP contribution >= 0.6 is 0 Å². The van der Waals surface area contributed by atoms with Gasteiger partial charge in [0.15, 0.2) is 0 Å². The molecule has 60 valence electrons. The first-order valence-electron chi connectivity index (χ1n) is 3.66. The lowest BCUT2D eigenvalue weighted by Gasteiger charge is -2.25. The van der Waals surface area contributed by atoms with Crippen LogP contribution in [0.5, 0.6) is 0 Å². The number of nitrogens with one attached hydrogen (secondary N) is 2. The van der Waals surface area contributed by atoms with Crippen LogP contribution in [0, 0.1) is 5.41 Å². The lowest BCUT2D eigenvalue weighted by Crippen LogP contribution is -2.40. The van der Waals surface area contributed by atoms with Crippen molar-refractivity contribution in [1.82, 2.24) is 10.9 Å². The Bertz CT molecular complexity index is 119. The Morgan fingerprint density at radius 3 is 2.00 bits per heavy atom. The topological polar surface area (TPSA) is 33.3 Å². The van der Waals surface area contributed by atoms with Crippen molar-refractivity contribution in [2.45, 2.75) is 40.2 Å². The molecule has 2 unspecified atom stereocenters. The smallest absolute Gasteiger partial charge is 0.127 e. The highest BCUT2D eigenvalue weighted by molar-refractivity contribution is 4.75. The maximum atomic E-state index is 5.50. The second-order valence-electron chi connectivity index (χ2n) is 3.81. The predicted molar refractivity (Wildman–Crippen MR) is 40.1 cm³/mol. The second-order valence-corrected chi connectivity index (χ2v) is 3.81. The fourth-order valence-electron chi connectivity index (χ4n) is 0.886. The lowest BCUT2D eigenvalue weighted by molar-refractivity contribution is -0.0177. The van der Waals surface area contributed by atoms with Gasteiger partial charge in [-0.15, -0.1) is 0 Å². The molecule has 0 aromatic rings. The maximum absolute atomic E-state index is 5.50. The van der Waals surface area contributed by atoms with Crippen LogP contribution < -0.4 is 10.9 Å². The standard InChI is InChI=1S/C7H16N2O/c1-5-8-9-6(10-5)7(2,3)4/h5-6,8-9H,1-4H3. The summed E-state index contributed by atoms with van der Waals surface area (Å²) in [6, 6.07) is 0. The third-order valence-corrected chi connectivity index (χ3v) is 1.54. The van der Waals surface area contributed by atoms with E-state index in [1.54, 1.807) is 0 Å². The number of ether oxygens (including phenoxy) is 1. The maximum Gasteiger partial charge on any atom is 0.127 e. The minimum Gasteiger partial charge on any atom is -0.343 e. The van der Waals surface area contributed by atoms with Crippen molar-refractivity contribution in [3.63, 3.8) is 0 Å². The van der Waals surface area contributed by atoms with Crippen molar-refractivity contribution in [3.8, 4) is 0 Å². The minimum atomic E-state index is 0.127. The minimum absolute atomic E-state index is 0.127. The molecular weight excluding hydrogens is 128 g/mol. The molecule has 0 saturated carbocycles. The highest BCUT2D eigenvalue weighted by atomic mass is 16.5. The molecule has 0 aromatic carbocycles. The second kappa shape index (κ2) is 2.49. The Kier molecular flexibility index (Phi) is 1.99.